The van der Waals surface area contributed by atoms with Crippen LogP contribution in [-0.2, 0) is 37.4 Å². The van der Waals surface area contributed by atoms with Crippen molar-refractivity contribution >= 4 is 5.69 Å². The monoisotopic (exact) mass is 433 g/mol. The van der Waals surface area contributed by atoms with Crippen LogP contribution < -0.4 is 0 Å². The SMILES string of the molecule is CCOCC1CCCC[N-]1.Cc1ccc([NH-])cc1-c1ncc(F)cn1.[Y]. The molecule has 2 heterocycles. The normalized spacial score (nSPS) is 16.2. The van der Waals surface area contributed by atoms with E-state index in [0.29, 0.717) is 17.6 Å². The minimum Gasteiger partial charge on any atom is -0.699 e. The summed E-state index contributed by atoms with van der Waals surface area (Å²) in [5.74, 6) is -0.0126. The molecule has 1 atom stereocenters. The number of aromatic nitrogens is 2. The molecule has 0 bridgehead atoms. The van der Waals surface area contributed by atoms with E-state index in [9.17, 15) is 4.39 Å². The average molecular weight is 433 g/mol. The number of ether oxygens (including phenoxy) is 1. The van der Waals surface area contributed by atoms with Gasteiger partial charge in [-0.15, -0.1) is 18.3 Å². The van der Waals surface area contributed by atoms with Crippen molar-refractivity contribution in [3.05, 3.63) is 53.0 Å². The molecule has 0 saturated carbocycles. The van der Waals surface area contributed by atoms with Crippen molar-refractivity contribution in [2.24, 2.45) is 0 Å². The van der Waals surface area contributed by atoms with E-state index in [1.54, 1.807) is 12.1 Å². The smallest absolute Gasteiger partial charge is 0.159 e. The van der Waals surface area contributed by atoms with Crippen LogP contribution in [0.15, 0.2) is 30.6 Å². The minimum atomic E-state index is -0.460. The number of nitrogens with one attached hydrogen (secondary N) is 1. The molecule has 1 N–H and O–H groups in total. The van der Waals surface area contributed by atoms with Gasteiger partial charge in [0.2, 0.25) is 0 Å². The summed E-state index contributed by atoms with van der Waals surface area (Å²) in [6, 6.07) is 5.70. The second kappa shape index (κ2) is 12.4. The maximum atomic E-state index is 12.6. The van der Waals surface area contributed by atoms with Crippen molar-refractivity contribution in [2.45, 2.75) is 39.2 Å². The molecule has 1 saturated heterocycles. The number of hydrogen-bond donors (Lipinski definition) is 0. The second-order valence-electron chi connectivity index (χ2n) is 5.97. The van der Waals surface area contributed by atoms with Crippen LogP contribution >= 0.6 is 0 Å². The number of hydrogen-bond acceptors (Lipinski definition) is 3. The third-order valence-corrected chi connectivity index (χ3v) is 3.95. The maximum Gasteiger partial charge on any atom is 0.159 e. The Kier molecular flexibility index (Phi) is 11.1. The molecule has 5 nitrogen and oxygen atoms in total. The van der Waals surface area contributed by atoms with E-state index in [1.165, 1.54) is 19.3 Å². The van der Waals surface area contributed by atoms with Crippen LogP contribution in [0.25, 0.3) is 22.4 Å². The van der Waals surface area contributed by atoms with Crippen LogP contribution in [0.3, 0.4) is 0 Å². The Hall–Kier alpha value is -0.946. The molecule has 0 spiro atoms. The van der Waals surface area contributed by atoms with E-state index in [0.717, 1.165) is 43.3 Å². The molecule has 1 fully saturated rings. The van der Waals surface area contributed by atoms with Crippen molar-refractivity contribution in [1.82, 2.24) is 9.97 Å². The van der Waals surface area contributed by atoms with Gasteiger partial charge >= 0.3 is 0 Å². The van der Waals surface area contributed by atoms with Gasteiger partial charge in [0.25, 0.3) is 0 Å². The summed E-state index contributed by atoms with van der Waals surface area (Å²) in [7, 11) is 0. The largest absolute Gasteiger partial charge is 0.699 e. The van der Waals surface area contributed by atoms with Crippen molar-refractivity contribution in [1.29, 1.82) is 0 Å². The van der Waals surface area contributed by atoms with Crippen LogP contribution in [0.1, 0.15) is 31.7 Å². The van der Waals surface area contributed by atoms with Gasteiger partial charge in [-0.2, -0.15) is 0 Å². The second-order valence-corrected chi connectivity index (χ2v) is 5.97. The molecule has 1 aliphatic heterocycles. The Bertz CT molecular complexity index is 648. The molecule has 0 amide bonds. The Morgan fingerprint density at radius 1 is 1.27 bits per heavy atom. The van der Waals surface area contributed by atoms with E-state index >= 15 is 0 Å². The van der Waals surface area contributed by atoms with Crippen molar-refractivity contribution in [3.63, 3.8) is 0 Å². The van der Waals surface area contributed by atoms with Gasteiger partial charge < -0.3 is 15.8 Å². The first-order valence-electron chi connectivity index (χ1n) is 8.64. The number of piperidine rings is 1. The molecule has 0 aliphatic carbocycles. The molecule has 1 aromatic heterocycles. The Morgan fingerprint density at radius 2 is 2.00 bits per heavy atom. The summed E-state index contributed by atoms with van der Waals surface area (Å²) < 4.78 is 17.9. The maximum absolute atomic E-state index is 12.6. The van der Waals surface area contributed by atoms with Crippen LogP contribution in [0.2, 0.25) is 0 Å². The fourth-order valence-electron chi connectivity index (χ4n) is 2.56. The number of halogens is 1. The van der Waals surface area contributed by atoms with E-state index in [2.05, 4.69) is 15.3 Å². The predicted octanol–water partition coefficient (Wildman–Crippen LogP) is 5.22. The van der Waals surface area contributed by atoms with Crippen molar-refractivity contribution in [3.8, 4) is 11.4 Å². The summed E-state index contributed by atoms with van der Waals surface area (Å²) in [6.45, 7) is 6.66. The van der Waals surface area contributed by atoms with E-state index < -0.39 is 5.82 Å². The molecular formula is C19H25FN4OY-2. The van der Waals surface area contributed by atoms with E-state index in [1.807, 2.05) is 19.9 Å². The minimum absolute atomic E-state index is 0. The fourth-order valence-corrected chi connectivity index (χ4v) is 2.56. The fraction of sp³-hybridized carbons (Fsp3) is 0.474. The standard InChI is InChI=1S/C11H9FN3.C8H16NO.Y/c1-7-2-3-9(13)4-10(7)11-14-5-8(12)6-15-11;1-2-10-7-8-5-3-4-6-9-8;/h2-6,13H,1H3;8H,2-7H2,1H3;/q2*-1;. The van der Waals surface area contributed by atoms with Gasteiger partial charge in [0, 0.05) is 51.5 Å². The van der Waals surface area contributed by atoms with E-state index in [4.69, 9.17) is 10.5 Å². The third kappa shape index (κ3) is 7.74. The number of nitrogens with zero attached hydrogens (tertiary/aromatic N) is 3. The Balaban J connectivity index is 0.000000270. The van der Waals surface area contributed by atoms with Gasteiger partial charge in [-0.3, -0.25) is 0 Å². The van der Waals surface area contributed by atoms with Gasteiger partial charge in [0.15, 0.2) is 11.6 Å². The molecule has 3 rings (SSSR count). The molecular weight excluding hydrogens is 408 g/mol. The summed E-state index contributed by atoms with van der Waals surface area (Å²) in [5, 5.41) is 4.44. The number of rotatable bonds is 4. The molecule has 1 aromatic carbocycles. The number of benzene rings is 1. The first-order chi connectivity index (χ1) is 12.1. The van der Waals surface area contributed by atoms with Gasteiger partial charge in [-0.25, -0.2) is 14.4 Å². The van der Waals surface area contributed by atoms with Crippen molar-refractivity contribution < 1.29 is 41.8 Å². The van der Waals surface area contributed by atoms with Crippen LogP contribution in [0.4, 0.5) is 10.1 Å². The Morgan fingerprint density at radius 3 is 2.62 bits per heavy atom. The molecule has 1 unspecified atom stereocenters. The zero-order valence-electron chi connectivity index (χ0n) is 15.4. The quantitative estimate of drug-likeness (QED) is 0.664. The zero-order chi connectivity index (χ0) is 18.1. The Labute approximate surface area is 180 Å². The molecule has 139 valence electrons. The zero-order valence-corrected chi connectivity index (χ0v) is 18.3. The molecule has 1 radical (unpaired) electrons. The van der Waals surface area contributed by atoms with E-state index in [-0.39, 0.29) is 32.7 Å². The molecule has 7 heteroatoms. The van der Waals surface area contributed by atoms with Gasteiger partial charge in [-0.05, 0) is 19.4 Å². The first-order valence-corrected chi connectivity index (χ1v) is 8.64. The molecule has 26 heavy (non-hydrogen) atoms. The van der Waals surface area contributed by atoms with Gasteiger partial charge in [0.05, 0.1) is 12.4 Å². The molecule has 2 aromatic rings. The van der Waals surface area contributed by atoms with Crippen LogP contribution in [0, 0.1) is 12.7 Å². The van der Waals surface area contributed by atoms with Crippen LogP contribution in [-0.4, -0.2) is 35.8 Å². The number of aryl methyl sites for hydroxylation is 1. The summed E-state index contributed by atoms with van der Waals surface area (Å²) in [4.78, 5) is 7.76. The van der Waals surface area contributed by atoms with Crippen LogP contribution in [0.5, 0.6) is 0 Å². The predicted molar refractivity (Wildman–Crippen MR) is 98.5 cm³/mol. The summed E-state index contributed by atoms with van der Waals surface area (Å²) >= 11 is 0. The van der Waals surface area contributed by atoms with Gasteiger partial charge in [0.1, 0.15) is 0 Å². The topological polar surface area (TPSA) is 72.9 Å². The molecule has 1 aliphatic rings. The first kappa shape index (κ1) is 23.1. The summed E-state index contributed by atoms with van der Waals surface area (Å²) in [6.07, 6.45) is 6.10. The third-order valence-electron chi connectivity index (χ3n) is 3.95. The van der Waals surface area contributed by atoms with Crippen molar-refractivity contribution in [2.75, 3.05) is 19.8 Å². The average Bonchev–Trinajstić information content (AvgIpc) is 2.64. The van der Waals surface area contributed by atoms with Gasteiger partial charge in [-0.1, -0.05) is 37.5 Å². The summed E-state index contributed by atoms with van der Waals surface area (Å²) in [5.41, 5.74) is 9.62.